The third kappa shape index (κ3) is 103. The number of hydrogen-bond acceptors (Lipinski definition) is 2. The first-order valence-electron chi connectivity index (χ1n) is 0.698. The van der Waals surface area contributed by atoms with Crippen LogP contribution < -0.4 is 0 Å². The van der Waals surface area contributed by atoms with E-state index in [1.54, 1.807) is 0 Å². The predicted molar refractivity (Wildman–Crippen MR) is 14.2 cm³/mol. The largest absolute Gasteiger partial charge is 0.394 e. The van der Waals surface area contributed by atoms with E-state index in [2.05, 4.69) is 0 Å². The van der Waals surface area contributed by atoms with E-state index in [9.17, 15) is 0 Å². The predicted octanol–water partition coefficient (Wildman–Crippen LogP) is -0.660. The van der Waals surface area contributed by atoms with E-state index >= 15 is 0 Å². The minimum absolute atomic E-state index is 0. The molecule has 0 bridgehead atoms. The second-order valence-corrected chi connectivity index (χ2v) is 1.34. The molecule has 0 aliphatic carbocycles. The van der Waals surface area contributed by atoms with Gasteiger partial charge in [0, 0.05) is 63.6 Å². The molecule has 0 spiro atoms. The van der Waals surface area contributed by atoms with Crippen molar-refractivity contribution in [1.29, 1.82) is 0 Å². The van der Waals surface area contributed by atoms with Gasteiger partial charge >= 0.3 is 10.4 Å². The summed E-state index contributed by atoms with van der Waals surface area (Å²) in [6.07, 6.45) is 0. The normalized spacial score (nSPS) is 7.25. The topological polar surface area (TPSA) is 74.6 Å². The monoisotopic (exact) mass is 335 g/mol. The summed E-state index contributed by atoms with van der Waals surface area (Å²) in [5, 5.41) is 0. The van der Waals surface area contributed by atoms with Gasteiger partial charge < -0.3 is 0 Å². The molecule has 45 valence electrons. The van der Waals surface area contributed by atoms with Crippen LogP contribution in [0.25, 0.3) is 0 Å². The SMILES string of the molecule is O=S(=O)(O)O.[Cd].[Co].[Zn]. The van der Waals surface area contributed by atoms with E-state index in [-0.39, 0.29) is 63.6 Å². The van der Waals surface area contributed by atoms with Crippen LogP contribution in [0.4, 0.5) is 0 Å². The maximum absolute atomic E-state index is 8.74. The van der Waals surface area contributed by atoms with Gasteiger partial charge in [-0.3, -0.25) is 9.11 Å². The Hall–Kier alpha value is 1.92. The molecule has 0 saturated heterocycles. The Bertz CT molecular complexity index is 99.2. The summed E-state index contributed by atoms with van der Waals surface area (Å²) in [5.41, 5.74) is 0. The van der Waals surface area contributed by atoms with Crippen molar-refractivity contribution in [3.8, 4) is 0 Å². The van der Waals surface area contributed by atoms with Crippen LogP contribution in [0.1, 0.15) is 0 Å². The van der Waals surface area contributed by atoms with Crippen LogP contribution in [0.5, 0.6) is 0 Å². The van der Waals surface area contributed by atoms with E-state index in [4.69, 9.17) is 17.5 Å². The molecule has 8 heavy (non-hydrogen) atoms. The maximum atomic E-state index is 8.74. The number of hydrogen-bond donors (Lipinski definition) is 2. The van der Waals surface area contributed by atoms with Gasteiger partial charge in [-0.05, 0) is 0 Å². The average Bonchev–Trinajstić information content (AvgIpc) is 0.722. The van der Waals surface area contributed by atoms with Crippen LogP contribution >= 0.6 is 0 Å². The van der Waals surface area contributed by atoms with Crippen molar-refractivity contribution in [3.05, 3.63) is 0 Å². The molecule has 0 aromatic rings. The van der Waals surface area contributed by atoms with Crippen LogP contribution in [-0.2, 0) is 74.0 Å². The summed E-state index contributed by atoms with van der Waals surface area (Å²) in [4.78, 5) is 0. The zero-order chi connectivity index (χ0) is 4.50. The molecular weight excluding hydrogens is 333 g/mol. The Morgan fingerprint density at radius 1 is 1.12 bits per heavy atom. The molecule has 0 aromatic heterocycles. The van der Waals surface area contributed by atoms with Gasteiger partial charge in [0.25, 0.3) is 0 Å². The molecule has 0 aromatic carbocycles. The Morgan fingerprint density at radius 3 is 1.12 bits per heavy atom. The third-order valence-electron chi connectivity index (χ3n) is 0. The molecule has 0 amide bonds. The molecule has 0 heterocycles. The van der Waals surface area contributed by atoms with Gasteiger partial charge in [0.2, 0.25) is 0 Å². The fraction of sp³-hybridized carbons (Fsp3) is 0. The average molecular weight is 335 g/mol. The summed E-state index contributed by atoms with van der Waals surface area (Å²) in [6.45, 7) is 0. The van der Waals surface area contributed by atoms with Gasteiger partial charge in [-0.1, -0.05) is 0 Å². The summed E-state index contributed by atoms with van der Waals surface area (Å²) < 4.78 is 31.6. The van der Waals surface area contributed by atoms with Gasteiger partial charge in [-0.2, -0.15) is 8.42 Å². The van der Waals surface area contributed by atoms with Gasteiger partial charge in [-0.25, -0.2) is 0 Å². The molecule has 0 atom stereocenters. The van der Waals surface area contributed by atoms with E-state index < -0.39 is 10.4 Å². The van der Waals surface area contributed by atoms with Crippen LogP contribution in [0, 0.1) is 0 Å². The Morgan fingerprint density at radius 2 is 1.12 bits per heavy atom. The van der Waals surface area contributed by atoms with E-state index in [0.29, 0.717) is 0 Å². The molecule has 0 saturated carbocycles. The van der Waals surface area contributed by atoms with E-state index in [0.717, 1.165) is 0 Å². The van der Waals surface area contributed by atoms with Crippen LogP contribution in [0.2, 0.25) is 0 Å². The second-order valence-electron chi connectivity index (χ2n) is 0.448. The van der Waals surface area contributed by atoms with Gasteiger partial charge in [0.15, 0.2) is 0 Å². The summed E-state index contributed by atoms with van der Waals surface area (Å²) in [6, 6.07) is 0. The molecule has 2 N–H and O–H groups in total. The summed E-state index contributed by atoms with van der Waals surface area (Å²) >= 11 is 0. The van der Waals surface area contributed by atoms with Gasteiger partial charge in [0.1, 0.15) is 0 Å². The van der Waals surface area contributed by atoms with E-state index in [1.807, 2.05) is 0 Å². The Kier molecular flexibility index (Phi) is 25.1. The molecule has 0 fully saturated rings. The zero-order valence-corrected chi connectivity index (χ0v) is 12.7. The quantitative estimate of drug-likeness (QED) is 0.455. The Labute approximate surface area is 90.5 Å². The summed E-state index contributed by atoms with van der Waals surface area (Å²) in [5.74, 6) is 0. The molecule has 0 aliphatic rings. The fourth-order valence-electron chi connectivity index (χ4n) is 0. The van der Waals surface area contributed by atoms with Crippen molar-refractivity contribution >= 4 is 10.4 Å². The maximum Gasteiger partial charge on any atom is 0.394 e. The van der Waals surface area contributed by atoms with Crippen LogP contribution in [-0.4, -0.2) is 17.5 Å². The molecule has 0 aliphatic heterocycles. The molecular formula is H2CdCoO4SZn. The second kappa shape index (κ2) is 8.92. The fourth-order valence-corrected chi connectivity index (χ4v) is 0. The molecule has 0 rings (SSSR count). The number of rotatable bonds is 0. The van der Waals surface area contributed by atoms with Gasteiger partial charge in [0.05, 0.1) is 0 Å². The first kappa shape index (κ1) is 22.5. The standard InChI is InChI=1S/Cd.Co.H2O4S.Zn/c;;1-5(2,3)4;/h;;(H2,1,2,3,4);. The van der Waals surface area contributed by atoms with Crippen molar-refractivity contribution in [1.82, 2.24) is 0 Å². The van der Waals surface area contributed by atoms with Crippen LogP contribution in [0.3, 0.4) is 0 Å². The van der Waals surface area contributed by atoms with Crippen molar-refractivity contribution in [3.63, 3.8) is 0 Å². The first-order valence-corrected chi connectivity index (χ1v) is 2.10. The molecule has 1 radical (unpaired) electrons. The molecule has 4 nitrogen and oxygen atoms in total. The minimum Gasteiger partial charge on any atom is -0.264 e. The van der Waals surface area contributed by atoms with Crippen molar-refractivity contribution in [2.75, 3.05) is 0 Å². The third-order valence-corrected chi connectivity index (χ3v) is 0. The van der Waals surface area contributed by atoms with E-state index in [1.165, 1.54) is 0 Å². The van der Waals surface area contributed by atoms with Crippen LogP contribution in [0.15, 0.2) is 0 Å². The molecule has 0 unspecified atom stereocenters. The Balaban J connectivity index is -0.0000000267. The minimum atomic E-state index is -4.67. The van der Waals surface area contributed by atoms with Crippen molar-refractivity contribution in [2.45, 2.75) is 0 Å². The van der Waals surface area contributed by atoms with Gasteiger partial charge in [-0.15, -0.1) is 0 Å². The smallest absolute Gasteiger partial charge is 0.264 e. The molecule has 8 heteroatoms. The zero-order valence-electron chi connectivity index (χ0n) is 3.87. The summed E-state index contributed by atoms with van der Waals surface area (Å²) in [7, 11) is -4.67. The van der Waals surface area contributed by atoms with Crippen molar-refractivity contribution < 1.29 is 81.1 Å². The van der Waals surface area contributed by atoms with Crippen molar-refractivity contribution in [2.24, 2.45) is 0 Å². The first-order chi connectivity index (χ1) is 2.00.